The van der Waals surface area contributed by atoms with Crippen LogP contribution in [0, 0.1) is 0 Å². The van der Waals surface area contributed by atoms with Crippen molar-refractivity contribution in [3.05, 3.63) is 68.9 Å². The topological polar surface area (TPSA) is 77.2 Å². The fourth-order valence-electron chi connectivity index (χ4n) is 2.41. The fourth-order valence-corrected chi connectivity index (χ4v) is 3.07. The molecule has 3 aromatic heterocycles. The molecule has 0 bridgehead atoms. The fraction of sp³-hybridized carbons (Fsp3) is 0.0625. The molecule has 0 aliphatic rings. The van der Waals surface area contributed by atoms with Crippen LogP contribution in [0.25, 0.3) is 16.4 Å². The van der Waals surface area contributed by atoms with Crippen LogP contribution in [0.4, 0.5) is 0 Å². The molecule has 7 heteroatoms. The Labute approximate surface area is 134 Å². The molecule has 1 aromatic carbocycles. The van der Waals surface area contributed by atoms with Crippen molar-refractivity contribution in [2.24, 2.45) is 0 Å². The van der Waals surface area contributed by atoms with E-state index < -0.39 is 5.56 Å². The van der Waals surface area contributed by atoms with Crippen LogP contribution >= 0.6 is 11.3 Å². The molecule has 0 N–H and O–H groups in total. The Kier molecular flexibility index (Phi) is 3.20. The summed E-state index contributed by atoms with van der Waals surface area (Å²) in [6, 6.07) is 11.0. The second-order valence-electron chi connectivity index (χ2n) is 5.00. The normalized spacial score (nSPS) is 11.1. The number of benzene rings is 1. The van der Waals surface area contributed by atoms with Gasteiger partial charge in [0.05, 0.1) is 17.5 Å². The number of nitrogens with zero attached hydrogens (tertiary/aromatic N) is 4. The maximum Gasteiger partial charge on any atom is 0.296 e. The van der Waals surface area contributed by atoms with Gasteiger partial charge in [-0.2, -0.15) is 9.61 Å². The quantitative estimate of drug-likeness (QED) is 0.426. The van der Waals surface area contributed by atoms with Crippen molar-refractivity contribution in [2.45, 2.75) is 6.42 Å². The Morgan fingerprint density at radius 2 is 2.00 bits per heavy atom. The molecule has 0 aliphatic heterocycles. The van der Waals surface area contributed by atoms with Gasteiger partial charge in [-0.1, -0.05) is 30.3 Å². The summed E-state index contributed by atoms with van der Waals surface area (Å²) in [6.07, 6.45) is 1.53. The standard InChI is InChI=1S/C16H10N4O2S/c21-13(14-6-3-7-23-14)8-12-16(22)20-15(19-18-12)11-5-2-1-4-10(11)9-17-20/h1-7,9H,8H2. The lowest BCUT2D eigenvalue weighted by atomic mass is 10.2. The zero-order valence-corrected chi connectivity index (χ0v) is 12.7. The van der Waals surface area contributed by atoms with Crippen molar-refractivity contribution in [1.29, 1.82) is 0 Å². The number of carbonyl (C=O) groups excluding carboxylic acids is 1. The summed E-state index contributed by atoms with van der Waals surface area (Å²) in [6.45, 7) is 0. The number of hydrogen-bond acceptors (Lipinski definition) is 6. The second kappa shape index (κ2) is 5.36. The highest BCUT2D eigenvalue weighted by Crippen LogP contribution is 2.15. The van der Waals surface area contributed by atoms with Crippen molar-refractivity contribution in [2.75, 3.05) is 0 Å². The van der Waals surface area contributed by atoms with Crippen molar-refractivity contribution in [3.8, 4) is 0 Å². The van der Waals surface area contributed by atoms with Gasteiger partial charge >= 0.3 is 0 Å². The Morgan fingerprint density at radius 1 is 1.13 bits per heavy atom. The number of thiophene rings is 1. The van der Waals surface area contributed by atoms with Gasteiger partial charge in [0.25, 0.3) is 5.56 Å². The summed E-state index contributed by atoms with van der Waals surface area (Å²) in [5, 5.41) is 15.7. The van der Waals surface area contributed by atoms with E-state index >= 15 is 0 Å². The van der Waals surface area contributed by atoms with Crippen molar-refractivity contribution in [3.63, 3.8) is 0 Å². The average Bonchev–Trinajstić information content (AvgIpc) is 3.12. The van der Waals surface area contributed by atoms with Crippen LogP contribution in [0.1, 0.15) is 15.4 Å². The molecule has 6 nitrogen and oxygen atoms in total. The van der Waals surface area contributed by atoms with Crippen molar-refractivity contribution in [1.82, 2.24) is 19.8 Å². The lowest BCUT2D eigenvalue weighted by Gasteiger charge is -2.04. The number of ketones is 1. The van der Waals surface area contributed by atoms with Gasteiger partial charge in [0, 0.05) is 10.8 Å². The molecule has 0 saturated heterocycles. The summed E-state index contributed by atoms with van der Waals surface area (Å²) in [4.78, 5) is 25.3. The maximum atomic E-state index is 12.5. The first kappa shape index (κ1) is 13.7. The molecule has 0 aliphatic carbocycles. The van der Waals surface area contributed by atoms with Crippen molar-refractivity contribution < 1.29 is 4.79 Å². The van der Waals surface area contributed by atoms with E-state index in [0.29, 0.717) is 10.5 Å². The molecule has 3 heterocycles. The van der Waals surface area contributed by atoms with Gasteiger partial charge in [0.15, 0.2) is 11.4 Å². The van der Waals surface area contributed by atoms with Crippen LogP contribution in [0.5, 0.6) is 0 Å². The van der Waals surface area contributed by atoms with Gasteiger partial charge in [-0.05, 0) is 11.4 Å². The minimum Gasteiger partial charge on any atom is -0.293 e. The van der Waals surface area contributed by atoms with E-state index in [4.69, 9.17) is 0 Å². The molecule has 0 fully saturated rings. The average molecular weight is 322 g/mol. The third kappa shape index (κ3) is 2.31. The molecule has 0 saturated carbocycles. The molecule has 0 atom stereocenters. The Bertz CT molecular complexity index is 1090. The van der Waals surface area contributed by atoms with E-state index in [0.717, 1.165) is 10.8 Å². The second-order valence-corrected chi connectivity index (χ2v) is 5.94. The van der Waals surface area contributed by atoms with E-state index in [1.54, 1.807) is 18.3 Å². The van der Waals surface area contributed by atoms with Gasteiger partial charge in [-0.15, -0.1) is 21.5 Å². The zero-order chi connectivity index (χ0) is 15.8. The summed E-state index contributed by atoms with van der Waals surface area (Å²) < 4.78 is 1.20. The number of carbonyl (C=O) groups is 1. The third-order valence-electron chi connectivity index (χ3n) is 3.54. The first-order valence-electron chi connectivity index (χ1n) is 6.93. The monoisotopic (exact) mass is 322 g/mol. The summed E-state index contributed by atoms with van der Waals surface area (Å²) in [7, 11) is 0. The van der Waals surface area contributed by atoms with E-state index in [1.165, 1.54) is 15.9 Å². The first-order chi connectivity index (χ1) is 11.2. The van der Waals surface area contributed by atoms with Crippen LogP contribution in [-0.2, 0) is 6.42 Å². The molecule has 0 spiro atoms. The SMILES string of the molecule is O=C(Cc1nnc2c3ccccc3cnn2c1=O)c1cccs1. The molecular weight excluding hydrogens is 312 g/mol. The predicted octanol–water partition coefficient (Wildman–Crippen LogP) is 2.12. The van der Waals surface area contributed by atoms with Crippen LogP contribution in [0.15, 0.2) is 52.8 Å². The van der Waals surface area contributed by atoms with E-state index in [-0.39, 0.29) is 17.9 Å². The Morgan fingerprint density at radius 3 is 2.83 bits per heavy atom. The van der Waals surface area contributed by atoms with Gasteiger partial charge in [0.2, 0.25) is 0 Å². The Hall–Kier alpha value is -2.93. The number of Topliss-reactive ketones (excluding diaryl/α,β-unsaturated/α-hetero) is 1. The highest BCUT2D eigenvalue weighted by atomic mass is 32.1. The van der Waals surface area contributed by atoms with Gasteiger partial charge in [-0.25, -0.2) is 0 Å². The van der Waals surface area contributed by atoms with Gasteiger partial charge < -0.3 is 0 Å². The molecule has 0 amide bonds. The van der Waals surface area contributed by atoms with Crippen LogP contribution < -0.4 is 5.56 Å². The van der Waals surface area contributed by atoms with E-state index in [1.807, 2.05) is 29.6 Å². The summed E-state index contributed by atoms with van der Waals surface area (Å²) in [5.41, 5.74) is 0.0785. The molecule has 112 valence electrons. The molecule has 0 radical (unpaired) electrons. The largest absolute Gasteiger partial charge is 0.296 e. The summed E-state index contributed by atoms with van der Waals surface area (Å²) in [5.74, 6) is -0.146. The van der Waals surface area contributed by atoms with E-state index in [9.17, 15) is 9.59 Å². The smallest absolute Gasteiger partial charge is 0.293 e. The van der Waals surface area contributed by atoms with E-state index in [2.05, 4.69) is 15.3 Å². The van der Waals surface area contributed by atoms with Crippen LogP contribution in [0.2, 0.25) is 0 Å². The number of hydrogen-bond donors (Lipinski definition) is 0. The van der Waals surface area contributed by atoms with Gasteiger partial charge in [0.1, 0.15) is 5.69 Å². The highest BCUT2D eigenvalue weighted by molar-refractivity contribution is 7.12. The van der Waals surface area contributed by atoms with Crippen molar-refractivity contribution >= 4 is 33.5 Å². The molecule has 0 unspecified atom stereocenters. The zero-order valence-electron chi connectivity index (χ0n) is 11.8. The Balaban J connectivity index is 1.84. The predicted molar refractivity (Wildman–Crippen MR) is 86.9 cm³/mol. The van der Waals surface area contributed by atoms with Gasteiger partial charge in [-0.3, -0.25) is 9.59 Å². The maximum absolute atomic E-state index is 12.5. The number of rotatable bonds is 3. The molecule has 4 aromatic rings. The lowest BCUT2D eigenvalue weighted by molar-refractivity contribution is 0.0995. The minimum absolute atomic E-state index is 0.0796. The highest BCUT2D eigenvalue weighted by Gasteiger charge is 2.15. The lowest BCUT2D eigenvalue weighted by Crippen LogP contribution is -2.25. The number of fused-ring (bicyclic) bond motifs is 3. The van der Waals surface area contributed by atoms with Crippen LogP contribution in [-0.4, -0.2) is 25.6 Å². The first-order valence-corrected chi connectivity index (χ1v) is 7.81. The molecular formula is C16H10N4O2S. The van der Waals surface area contributed by atoms with Crippen LogP contribution in [0.3, 0.4) is 0 Å². The molecule has 4 rings (SSSR count). The molecule has 23 heavy (non-hydrogen) atoms. The third-order valence-corrected chi connectivity index (χ3v) is 4.45. The summed E-state index contributed by atoms with van der Waals surface area (Å²) >= 11 is 1.34. The number of aromatic nitrogens is 4. The minimum atomic E-state index is -0.411.